The van der Waals surface area contributed by atoms with Crippen LogP contribution in [0.5, 0.6) is 0 Å². The number of H-pyrrole nitrogens is 1. The smallest absolute Gasteiger partial charge is 0.259 e. The number of anilines is 1. The molecule has 0 unspecified atom stereocenters. The molecule has 4 rings (SSSR count). The molecule has 25 heavy (non-hydrogen) atoms. The van der Waals surface area contributed by atoms with Crippen LogP contribution in [0, 0.1) is 0 Å². The van der Waals surface area contributed by atoms with E-state index in [1.165, 1.54) is 22.2 Å². The minimum atomic E-state index is -0.0604. The summed E-state index contributed by atoms with van der Waals surface area (Å²) in [4.78, 5) is 33.9. The predicted octanol–water partition coefficient (Wildman–Crippen LogP) is 3.35. The lowest BCUT2D eigenvalue weighted by atomic mass is 10.2. The highest BCUT2D eigenvalue weighted by molar-refractivity contribution is 7.99. The van der Waals surface area contributed by atoms with Crippen molar-refractivity contribution in [1.82, 2.24) is 9.97 Å². The summed E-state index contributed by atoms with van der Waals surface area (Å²) in [6.07, 6.45) is 3.16. The van der Waals surface area contributed by atoms with E-state index in [-0.39, 0.29) is 11.5 Å². The number of aromatic nitrogens is 2. The van der Waals surface area contributed by atoms with Gasteiger partial charge in [0, 0.05) is 10.6 Å². The van der Waals surface area contributed by atoms with Gasteiger partial charge in [0.05, 0.1) is 16.9 Å². The summed E-state index contributed by atoms with van der Waals surface area (Å²) in [6, 6.07) is 9.37. The zero-order valence-corrected chi connectivity index (χ0v) is 15.1. The molecule has 0 fully saturated rings. The number of aromatic amines is 1. The van der Waals surface area contributed by atoms with Crippen LogP contribution in [0.4, 0.5) is 5.69 Å². The third-order valence-electron chi connectivity index (χ3n) is 4.15. The fraction of sp³-hybridized carbons (Fsp3) is 0.278. The van der Waals surface area contributed by atoms with E-state index in [1.807, 2.05) is 30.3 Å². The van der Waals surface area contributed by atoms with Gasteiger partial charge in [0.25, 0.3) is 5.56 Å². The zero-order chi connectivity index (χ0) is 17.2. The number of hydrogen-bond donors (Lipinski definition) is 2. The normalized spacial score (nSPS) is 13.1. The minimum absolute atomic E-state index is 0.0475. The van der Waals surface area contributed by atoms with Gasteiger partial charge in [-0.25, -0.2) is 4.98 Å². The van der Waals surface area contributed by atoms with Crippen LogP contribution in [0.1, 0.15) is 22.7 Å². The molecule has 1 aliphatic carbocycles. The van der Waals surface area contributed by atoms with E-state index in [4.69, 9.17) is 0 Å². The largest absolute Gasteiger partial charge is 0.325 e. The average Bonchev–Trinajstić information content (AvgIpc) is 3.16. The number of para-hydroxylation sites is 1. The van der Waals surface area contributed by atoms with Gasteiger partial charge < -0.3 is 10.3 Å². The lowest BCUT2D eigenvalue weighted by molar-refractivity contribution is -0.113. The Bertz CT molecular complexity index is 979. The summed E-state index contributed by atoms with van der Waals surface area (Å²) in [7, 11) is 0. The molecule has 128 valence electrons. The molecule has 1 aromatic carbocycles. The maximum absolute atomic E-state index is 12.4. The Hall–Kier alpha value is -2.12. The van der Waals surface area contributed by atoms with Crippen molar-refractivity contribution in [2.24, 2.45) is 0 Å². The van der Waals surface area contributed by atoms with Crippen molar-refractivity contribution in [3.8, 4) is 0 Å². The zero-order valence-electron chi connectivity index (χ0n) is 13.5. The topological polar surface area (TPSA) is 74.8 Å². The van der Waals surface area contributed by atoms with Crippen LogP contribution in [0.15, 0.2) is 35.1 Å². The highest BCUT2D eigenvalue weighted by Gasteiger charge is 2.21. The van der Waals surface area contributed by atoms with E-state index in [2.05, 4.69) is 15.3 Å². The van der Waals surface area contributed by atoms with Gasteiger partial charge in [0.1, 0.15) is 10.7 Å². The van der Waals surface area contributed by atoms with Crippen molar-refractivity contribution in [1.29, 1.82) is 0 Å². The molecule has 2 aromatic heterocycles. The lowest BCUT2D eigenvalue weighted by Gasteiger charge is -2.05. The number of nitrogens with one attached hydrogen (secondary N) is 2. The summed E-state index contributed by atoms with van der Waals surface area (Å²) in [5, 5.41) is 3.62. The second-order valence-corrected chi connectivity index (χ2v) is 8.03. The second-order valence-electron chi connectivity index (χ2n) is 5.96. The third-order valence-corrected chi connectivity index (χ3v) is 6.28. The highest BCUT2D eigenvalue weighted by Crippen LogP contribution is 2.34. The fourth-order valence-electron chi connectivity index (χ4n) is 3.07. The fourth-order valence-corrected chi connectivity index (χ4v) is 5.04. The average molecular weight is 371 g/mol. The van der Waals surface area contributed by atoms with E-state index in [1.54, 1.807) is 11.3 Å². The number of amides is 1. The number of hydrogen-bond acceptors (Lipinski definition) is 5. The number of fused-ring (bicyclic) bond motifs is 3. The number of rotatable bonds is 5. The molecule has 2 heterocycles. The quantitative estimate of drug-likeness (QED) is 0.721. The molecule has 0 bridgehead atoms. The molecular weight excluding hydrogens is 354 g/mol. The van der Waals surface area contributed by atoms with Gasteiger partial charge in [-0.1, -0.05) is 18.2 Å². The van der Waals surface area contributed by atoms with Crippen LogP contribution in [-0.4, -0.2) is 21.6 Å². The van der Waals surface area contributed by atoms with Gasteiger partial charge in [-0.2, -0.15) is 0 Å². The molecule has 1 amide bonds. The molecule has 2 N–H and O–H groups in total. The monoisotopic (exact) mass is 371 g/mol. The van der Waals surface area contributed by atoms with Crippen LogP contribution in [0.25, 0.3) is 10.2 Å². The number of carbonyl (C=O) groups excluding carboxylic acids is 1. The van der Waals surface area contributed by atoms with Crippen molar-refractivity contribution < 1.29 is 4.79 Å². The molecule has 0 saturated carbocycles. The molecule has 0 atom stereocenters. The van der Waals surface area contributed by atoms with Crippen LogP contribution < -0.4 is 10.9 Å². The number of benzene rings is 1. The maximum Gasteiger partial charge on any atom is 0.259 e. The first-order valence-corrected chi connectivity index (χ1v) is 10.1. The molecular formula is C18H17N3O2S2. The van der Waals surface area contributed by atoms with Crippen LogP contribution in [0.3, 0.4) is 0 Å². The number of nitrogens with zero attached hydrogens (tertiary/aromatic N) is 1. The van der Waals surface area contributed by atoms with Gasteiger partial charge in [-0.05, 0) is 37.0 Å². The first-order valence-electron chi connectivity index (χ1n) is 8.17. The number of thioether (sulfide) groups is 1. The summed E-state index contributed by atoms with van der Waals surface area (Å²) in [6.45, 7) is 0. The highest BCUT2D eigenvalue weighted by atomic mass is 32.2. The predicted molar refractivity (Wildman–Crippen MR) is 103 cm³/mol. The molecule has 0 spiro atoms. The molecule has 0 saturated heterocycles. The van der Waals surface area contributed by atoms with Gasteiger partial charge in [-0.3, -0.25) is 9.59 Å². The number of carbonyl (C=O) groups is 1. The van der Waals surface area contributed by atoms with E-state index >= 15 is 0 Å². The Morgan fingerprint density at radius 3 is 2.96 bits per heavy atom. The van der Waals surface area contributed by atoms with E-state index in [0.717, 1.165) is 35.2 Å². The summed E-state index contributed by atoms with van der Waals surface area (Å²) in [5.41, 5.74) is 1.93. The Labute approximate surface area is 152 Å². The van der Waals surface area contributed by atoms with Gasteiger partial charge >= 0.3 is 0 Å². The van der Waals surface area contributed by atoms with Crippen molar-refractivity contribution >= 4 is 44.9 Å². The molecule has 7 heteroatoms. The SMILES string of the molecule is O=C(CSCc1nc2sc3c(c2c(=O)[nH]1)CCC3)Nc1ccccc1. The van der Waals surface area contributed by atoms with Crippen molar-refractivity contribution in [2.75, 3.05) is 11.1 Å². The molecule has 0 radical (unpaired) electrons. The maximum atomic E-state index is 12.4. The Morgan fingerprint density at radius 2 is 2.12 bits per heavy atom. The van der Waals surface area contributed by atoms with Gasteiger partial charge in [0.15, 0.2) is 0 Å². The molecule has 3 aromatic rings. The summed E-state index contributed by atoms with van der Waals surface area (Å²) < 4.78 is 0. The van der Waals surface area contributed by atoms with Crippen molar-refractivity contribution in [3.05, 3.63) is 57.0 Å². The Kier molecular flexibility index (Phi) is 4.59. The second kappa shape index (κ2) is 7.01. The van der Waals surface area contributed by atoms with E-state index in [0.29, 0.717) is 17.3 Å². The molecule has 1 aliphatic rings. The Morgan fingerprint density at radius 1 is 1.28 bits per heavy atom. The Balaban J connectivity index is 1.40. The van der Waals surface area contributed by atoms with E-state index in [9.17, 15) is 9.59 Å². The van der Waals surface area contributed by atoms with Gasteiger partial charge in [0.2, 0.25) is 5.91 Å². The third kappa shape index (κ3) is 3.48. The molecule has 0 aliphatic heterocycles. The van der Waals surface area contributed by atoms with Crippen LogP contribution >= 0.6 is 23.1 Å². The summed E-state index contributed by atoms with van der Waals surface area (Å²) >= 11 is 3.08. The van der Waals surface area contributed by atoms with Crippen LogP contribution in [-0.2, 0) is 23.4 Å². The summed E-state index contributed by atoms with van der Waals surface area (Å²) in [5.74, 6) is 1.40. The van der Waals surface area contributed by atoms with Crippen LogP contribution in [0.2, 0.25) is 0 Å². The molecule has 5 nitrogen and oxygen atoms in total. The number of aryl methyl sites for hydroxylation is 2. The first-order chi connectivity index (χ1) is 12.2. The first kappa shape index (κ1) is 16.4. The van der Waals surface area contributed by atoms with Crippen molar-refractivity contribution in [3.63, 3.8) is 0 Å². The lowest BCUT2D eigenvalue weighted by Crippen LogP contribution is -2.15. The van der Waals surface area contributed by atoms with Crippen molar-refractivity contribution in [2.45, 2.75) is 25.0 Å². The standard InChI is InChI=1S/C18H17N3O2S2/c22-15(19-11-5-2-1-3-6-11)10-24-9-14-20-17(23)16-12-7-4-8-13(12)25-18(16)21-14/h1-3,5-6H,4,7-10H2,(H,19,22)(H,20,21,23). The number of thiophene rings is 1. The van der Waals surface area contributed by atoms with Gasteiger partial charge in [-0.15, -0.1) is 23.1 Å². The van der Waals surface area contributed by atoms with E-state index < -0.39 is 0 Å². The minimum Gasteiger partial charge on any atom is -0.325 e.